The summed E-state index contributed by atoms with van der Waals surface area (Å²) in [5, 5.41) is 10.8. The Bertz CT molecular complexity index is 546. The first kappa shape index (κ1) is 13.0. The molecular formula is C12H18N4OS. The van der Waals surface area contributed by atoms with Gasteiger partial charge in [0, 0.05) is 18.1 Å². The lowest BCUT2D eigenvalue weighted by Gasteiger charge is -2.14. The fraction of sp³-hybridized carbons (Fsp3) is 0.500. The Morgan fingerprint density at radius 2 is 2.17 bits per heavy atom. The highest BCUT2D eigenvalue weighted by Gasteiger charge is 2.25. The SMILES string of the molecule is CNC(c1nc(C)cs1)c1c(C)nn(C)c1OC. The zero-order valence-corrected chi connectivity index (χ0v) is 12.1. The third kappa shape index (κ3) is 2.13. The van der Waals surface area contributed by atoms with Crippen molar-refractivity contribution in [2.45, 2.75) is 19.9 Å². The van der Waals surface area contributed by atoms with E-state index in [1.54, 1.807) is 23.1 Å². The average Bonchev–Trinajstić information content (AvgIpc) is 2.86. The minimum atomic E-state index is 0.0207. The van der Waals surface area contributed by atoms with Crippen molar-refractivity contribution in [3.8, 4) is 5.88 Å². The molecule has 0 bridgehead atoms. The number of thiazole rings is 1. The van der Waals surface area contributed by atoms with Gasteiger partial charge in [-0.2, -0.15) is 5.10 Å². The molecule has 0 spiro atoms. The lowest BCUT2D eigenvalue weighted by Crippen LogP contribution is -2.18. The Balaban J connectivity index is 2.51. The number of methoxy groups -OCH3 is 1. The second-order valence-electron chi connectivity index (χ2n) is 4.18. The van der Waals surface area contributed by atoms with E-state index in [1.807, 2.05) is 27.9 Å². The third-order valence-corrected chi connectivity index (χ3v) is 3.90. The van der Waals surface area contributed by atoms with Crippen molar-refractivity contribution < 1.29 is 4.74 Å². The fourth-order valence-corrected chi connectivity index (χ4v) is 3.04. The number of ether oxygens (including phenoxy) is 1. The van der Waals surface area contributed by atoms with Crippen LogP contribution in [0, 0.1) is 13.8 Å². The maximum absolute atomic E-state index is 5.45. The van der Waals surface area contributed by atoms with E-state index in [2.05, 4.69) is 20.8 Å². The maximum atomic E-state index is 5.45. The van der Waals surface area contributed by atoms with E-state index in [1.165, 1.54) is 0 Å². The van der Waals surface area contributed by atoms with Crippen LogP contribution in [-0.2, 0) is 7.05 Å². The Labute approximate surface area is 111 Å². The average molecular weight is 266 g/mol. The molecule has 0 radical (unpaired) electrons. The summed E-state index contributed by atoms with van der Waals surface area (Å²) in [4.78, 5) is 4.55. The minimum absolute atomic E-state index is 0.0207. The molecular weight excluding hydrogens is 248 g/mol. The minimum Gasteiger partial charge on any atom is -0.481 e. The molecule has 5 nitrogen and oxygen atoms in total. The van der Waals surface area contributed by atoms with Gasteiger partial charge < -0.3 is 10.1 Å². The van der Waals surface area contributed by atoms with Crippen molar-refractivity contribution in [3.63, 3.8) is 0 Å². The van der Waals surface area contributed by atoms with E-state index in [0.717, 1.165) is 27.8 Å². The molecule has 2 heterocycles. The van der Waals surface area contributed by atoms with Gasteiger partial charge in [-0.05, 0) is 20.9 Å². The van der Waals surface area contributed by atoms with Gasteiger partial charge in [-0.3, -0.25) is 0 Å². The number of hydrogen-bond acceptors (Lipinski definition) is 5. The standard InChI is InChI=1S/C12H18N4OS/c1-7-6-18-11(14-7)10(13-3)9-8(2)15-16(4)12(9)17-5/h6,10,13H,1-5H3. The van der Waals surface area contributed by atoms with Gasteiger partial charge in [0.1, 0.15) is 5.01 Å². The van der Waals surface area contributed by atoms with Crippen LogP contribution in [0.25, 0.3) is 0 Å². The van der Waals surface area contributed by atoms with Crippen molar-refractivity contribution >= 4 is 11.3 Å². The monoisotopic (exact) mass is 266 g/mol. The van der Waals surface area contributed by atoms with Gasteiger partial charge in [0.15, 0.2) is 0 Å². The molecule has 2 rings (SSSR count). The molecule has 0 aromatic carbocycles. The van der Waals surface area contributed by atoms with Crippen molar-refractivity contribution in [1.29, 1.82) is 0 Å². The summed E-state index contributed by atoms with van der Waals surface area (Å²) in [6.07, 6.45) is 0. The van der Waals surface area contributed by atoms with Crippen molar-refractivity contribution in [2.24, 2.45) is 7.05 Å². The number of rotatable bonds is 4. The molecule has 98 valence electrons. The van der Waals surface area contributed by atoms with Crippen LogP contribution in [0.3, 0.4) is 0 Å². The van der Waals surface area contributed by atoms with E-state index >= 15 is 0 Å². The highest BCUT2D eigenvalue weighted by Crippen LogP contribution is 2.33. The van der Waals surface area contributed by atoms with Gasteiger partial charge in [0.2, 0.25) is 5.88 Å². The number of aromatic nitrogens is 3. The largest absolute Gasteiger partial charge is 0.481 e. The lowest BCUT2D eigenvalue weighted by molar-refractivity contribution is 0.366. The Morgan fingerprint density at radius 1 is 1.44 bits per heavy atom. The Morgan fingerprint density at radius 3 is 2.67 bits per heavy atom. The highest BCUT2D eigenvalue weighted by atomic mass is 32.1. The van der Waals surface area contributed by atoms with Gasteiger partial charge in [-0.25, -0.2) is 9.67 Å². The third-order valence-electron chi connectivity index (χ3n) is 2.87. The van der Waals surface area contributed by atoms with Crippen LogP contribution in [0.2, 0.25) is 0 Å². The summed E-state index contributed by atoms with van der Waals surface area (Å²) in [6, 6.07) is 0.0207. The van der Waals surface area contributed by atoms with Crippen LogP contribution < -0.4 is 10.1 Å². The first-order valence-corrected chi connectivity index (χ1v) is 6.63. The van der Waals surface area contributed by atoms with E-state index in [9.17, 15) is 0 Å². The van der Waals surface area contributed by atoms with E-state index < -0.39 is 0 Å². The second kappa shape index (κ2) is 5.07. The smallest absolute Gasteiger partial charge is 0.216 e. The van der Waals surface area contributed by atoms with Gasteiger partial charge in [0.05, 0.1) is 24.4 Å². The van der Waals surface area contributed by atoms with Crippen LogP contribution in [-0.4, -0.2) is 28.9 Å². The number of nitrogens with one attached hydrogen (secondary N) is 1. The maximum Gasteiger partial charge on any atom is 0.216 e. The molecule has 1 atom stereocenters. The molecule has 2 aromatic heterocycles. The first-order chi connectivity index (χ1) is 8.58. The molecule has 2 aromatic rings. The topological polar surface area (TPSA) is 52.0 Å². The summed E-state index contributed by atoms with van der Waals surface area (Å²) in [5.74, 6) is 0.778. The predicted molar refractivity (Wildman–Crippen MR) is 72.3 cm³/mol. The molecule has 0 aliphatic heterocycles. The molecule has 0 saturated heterocycles. The lowest BCUT2D eigenvalue weighted by atomic mass is 10.1. The van der Waals surface area contributed by atoms with Crippen LogP contribution in [0.1, 0.15) is 28.0 Å². The summed E-state index contributed by atoms with van der Waals surface area (Å²) in [7, 11) is 5.47. The van der Waals surface area contributed by atoms with Crippen LogP contribution in [0.5, 0.6) is 5.88 Å². The molecule has 0 fully saturated rings. The predicted octanol–water partition coefficient (Wildman–Crippen LogP) is 1.81. The van der Waals surface area contributed by atoms with Crippen molar-refractivity contribution in [1.82, 2.24) is 20.1 Å². The first-order valence-electron chi connectivity index (χ1n) is 5.75. The normalized spacial score (nSPS) is 12.7. The molecule has 0 amide bonds. The van der Waals surface area contributed by atoms with E-state index in [-0.39, 0.29) is 6.04 Å². The van der Waals surface area contributed by atoms with E-state index in [4.69, 9.17) is 4.74 Å². The number of nitrogens with zero attached hydrogens (tertiary/aromatic N) is 3. The Hall–Kier alpha value is -1.40. The van der Waals surface area contributed by atoms with Crippen molar-refractivity contribution in [2.75, 3.05) is 14.2 Å². The highest BCUT2D eigenvalue weighted by molar-refractivity contribution is 7.09. The van der Waals surface area contributed by atoms with Crippen LogP contribution in [0.15, 0.2) is 5.38 Å². The van der Waals surface area contributed by atoms with Crippen LogP contribution in [0.4, 0.5) is 0 Å². The van der Waals surface area contributed by atoms with Crippen LogP contribution >= 0.6 is 11.3 Å². The van der Waals surface area contributed by atoms with Gasteiger partial charge in [-0.15, -0.1) is 11.3 Å². The summed E-state index contributed by atoms with van der Waals surface area (Å²) < 4.78 is 7.20. The molecule has 6 heteroatoms. The molecule has 0 aliphatic rings. The number of hydrogen-bond donors (Lipinski definition) is 1. The zero-order valence-electron chi connectivity index (χ0n) is 11.3. The summed E-state index contributed by atoms with van der Waals surface area (Å²) in [6.45, 7) is 3.99. The van der Waals surface area contributed by atoms with Gasteiger partial charge in [0.25, 0.3) is 0 Å². The summed E-state index contributed by atoms with van der Waals surface area (Å²) in [5.41, 5.74) is 3.05. The van der Waals surface area contributed by atoms with Gasteiger partial charge >= 0.3 is 0 Å². The zero-order chi connectivity index (χ0) is 13.3. The van der Waals surface area contributed by atoms with E-state index in [0.29, 0.717) is 0 Å². The molecule has 0 aliphatic carbocycles. The second-order valence-corrected chi connectivity index (χ2v) is 5.07. The van der Waals surface area contributed by atoms with Crippen molar-refractivity contribution in [3.05, 3.63) is 27.3 Å². The molecule has 18 heavy (non-hydrogen) atoms. The fourth-order valence-electron chi connectivity index (χ4n) is 2.12. The molecule has 1 N–H and O–H groups in total. The molecule has 0 saturated carbocycles. The molecule has 1 unspecified atom stereocenters. The quantitative estimate of drug-likeness (QED) is 0.917. The number of aryl methyl sites for hydroxylation is 3. The summed E-state index contributed by atoms with van der Waals surface area (Å²) >= 11 is 1.65. The van der Waals surface area contributed by atoms with Gasteiger partial charge in [-0.1, -0.05) is 0 Å². The Kier molecular flexibility index (Phi) is 3.68.